The minimum atomic E-state index is -1.39. The van der Waals surface area contributed by atoms with Gasteiger partial charge in [0.15, 0.2) is 11.6 Å². The Morgan fingerprint density at radius 3 is 2.51 bits per heavy atom. The number of amides is 4. The van der Waals surface area contributed by atoms with Crippen molar-refractivity contribution < 1.29 is 32.6 Å². The summed E-state index contributed by atoms with van der Waals surface area (Å²) in [7, 11) is 2.51. The molecule has 0 saturated carbocycles. The highest BCUT2D eigenvalue weighted by Gasteiger charge is 2.43. The molecule has 0 spiro atoms. The number of piperidine rings is 1. The van der Waals surface area contributed by atoms with Gasteiger partial charge in [0.1, 0.15) is 12.1 Å². The molecule has 11 nitrogen and oxygen atoms in total. The second kappa shape index (κ2) is 14.0. The summed E-state index contributed by atoms with van der Waals surface area (Å²) in [5.74, 6) is -3.04. The lowest BCUT2D eigenvalue weighted by atomic mass is 9.93. The number of carbonyl (C=O) groups excluding carboxylic acids is 3. The van der Waals surface area contributed by atoms with E-state index in [1.54, 1.807) is 0 Å². The number of nitrogens with one attached hydrogen (secondary N) is 2. The summed E-state index contributed by atoms with van der Waals surface area (Å²) in [6, 6.07) is 10.2. The average Bonchev–Trinajstić information content (AvgIpc) is 3.53. The molecule has 2 aromatic carbocycles. The standard InChI is InChI=1S/C32H36F2N6O5/c1-44-19-26-28(30(41)45-2)29(21-7-8-24(33)25(34)15-21)40(32(43)37-26)31(42)36-17-20-9-12-39(18-20)23-10-13-38(14-11-23)27-6-4-3-5-22(27)16-35/h3-8,15,20,23,29H,9-14,17-19H2,1-2H3,(H,36,42)(H,37,43). The molecule has 238 valence electrons. The van der Waals surface area contributed by atoms with Gasteiger partial charge in [0.25, 0.3) is 0 Å². The van der Waals surface area contributed by atoms with E-state index in [-0.39, 0.29) is 35.9 Å². The fourth-order valence-corrected chi connectivity index (χ4v) is 6.47. The molecule has 3 heterocycles. The van der Waals surface area contributed by atoms with Crippen LogP contribution in [0.5, 0.6) is 0 Å². The van der Waals surface area contributed by atoms with Crippen molar-refractivity contribution >= 4 is 23.7 Å². The number of likely N-dealkylation sites (tertiary alicyclic amines) is 1. The summed E-state index contributed by atoms with van der Waals surface area (Å²) >= 11 is 0. The van der Waals surface area contributed by atoms with Gasteiger partial charge in [-0.15, -0.1) is 0 Å². The Kier molecular flexibility index (Phi) is 9.95. The number of nitrogens with zero attached hydrogens (tertiary/aromatic N) is 4. The minimum absolute atomic E-state index is 0.0173. The number of rotatable bonds is 8. The van der Waals surface area contributed by atoms with Crippen LogP contribution < -0.4 is 15.5 Å². The molecule has 45 heavy (non-hydrogen) atoms. The quantitative estimate of drug-likeness (QED) is 0.427. The van der Waals surface area contributed by atoms with E-state index < -0.39 is 35.7 Å². The highest BCUT2D eigenvalue weighted by Crippen LogP contribution is 2.35. The molecule has 2 saturated heterocycles. The number of nitriles is 1. The van der Waals surface area contributed by atoms with E-state index in [4.69, 9.17) is 9.47 Å². The Bertz CT molecular complexity index is 1520. The molecule has 0 radical (unpaired) electrons. The molecule has 3 aliphatic heterocycles. The summed E-state index contributed by atoms with van der Waals surface area (Å²) < 4.78 is 38.2. The zero-order chi connectivity index (χ0) is 32.1. The summed E-state index contributed by atoms with van der Waals surface area (Å²) in [6.45, 7) is 3.42. The van der Waals surface area contributed by atoms with Crippen molar-refractivity contribution in [2.75, 3.05) is 58.5 Å². The normalized spacial score (nSPS) is 21.0. The SMILES string of the molecule is COCC1=C(C(=O)OC)C(c2ccc(F)c(F)c2)N(C(=O)NCC2CCN(C3CCN(c4ccccc4C#N)CC3)C2)C(=O)N1. The number of benzene rings is 2. The van der Waals surface area contributed by atoms with Crippen LogP contribution >= 0.6 is 0 Å². The molecule has 5 rings (SSSR count). The van der Waals surface area contributed by atoms with Gasteiger partial charge >= 0.3 is 18.0 Å². The fourth-order valence-electron chi connectivity index (χ4n) is 6.47. The Hall–Kier alpha value is -4.54. The van der Waals surface area contributed by atoms with Gasteiger partial charge in [-0.05, 0) is 61.6 Å². The van der Waals surface area contributed by atoms with Crippen LogP contribution in [0.2, 0.25) is 0 Å². The first-order valence-corrected chi connectivity index (χ1v) is 14.9. The molecular formula is C32H36F2N6O5. The summed E-state index contributed by atoms with van der Waals surface area (Å²) in [5.41, 5.74) is 1.58. The van der Waals surface area contributed by atoms with Crippen LogP contribution in [0.3, 0.4) is 0 Å². The molecule has 2 unspecified atom stereocenters. The molecule has 13 heteroatoms. The first kappa shape index (κ1) is 31.9. The number of ether oxygens (including phenoxy) is 2. The van der Waals surface area contributed by atoms with Gasteiger partial charge in [0.05, 0.1) is 36.2 Å². The Balaban J connectivity index is 1.25. The van der Waals surface area contributed by atoms with Gasteiger partial charge in [-0.25, -0.2) is 28.1 Å². The Morgan fingerprint density at radius 2 is 1.82 bits per heavy atom. The molecule has 0 bridgehead atoms. The molecule has 2 fully saturated rings. The topological polar surface area (TPSA) is 127 Å². The number of methoxy groups -OCH3 is 2. The lowest BCUT2D eigenvalue weighted by Gasteiger charge is -2.38. The number of carbonyl (C=O) groups is 3. The second-order valence-corrected chi connectivity index (χ2v) is 11.4. The number of para-hydroxylation sites is 1. The number of anilines is 1. The maximum absolute atomic E-state index is 14.3. The maximum Gasteiger partial charge on any atom is 0.338 e. The van der Waals surface area contributed by atoms with E-state index in [1.165, 1.54) is 13.2 Å². The van der Waals surface area contributed by atoms with Crippen molar-refractivity contribution in [3.05, 3.63) is 76.5 Å². The highest BCUT2D eigenvalue weighted by molar-refractivity contribution is 6.01. The van der Waals surface area contributed by atoms with Crippen molar-refractivity contribution in [2.45, 2.75) is 31.3 Å². The maximum atomic E-state index is 14.3. The van der Waals surface area contributed by atoms with Crippen molar-refractivity contribution in [3.63, 3.8) is 0 Å². The van der Waals surface area contributed by atoms with E-state index in [0.717, 1.165) is 75.3 Å². The van der Waals surface area contributed by atoms with Crippen molar-refractivity contribution in [1.82, 2.24) is 20.4 Å². The third kappa shape index (κ3) is 6.77. The van der Waals surface area contributed by atoms with E-state index >= 15 is 0 Å². The average molecular weight is 623 g/mol. The minimum Gasteiger partial charge on any atom is -0.466 e. The van der Waals surface area contributed by atoms with Crippen LogP contribution in [0, 0.1) is 28.9 Å². The molecule has 0 aromatic heterocycles. The Morgan fingerprint density at radius 1 is 1.07 bits per heavy atom. The van der Waals surface area contributed by atoms with Gasteiger partial charge < -0.3 is 25.0 Å². The third-order valence-electron chi connectivity index (χ3n) is 8.71. The largest absolute Gasteiger partial charge is 0.466 e. The van der Waals surface area contributed by atoms with E-state index in [1.807, 2.05) is 24.3 Å². The number of urea groups is 2. The van der Waals surface area contributed by atoms with Gasteiger partial charge in [-0.1, -0.05) is 18.2 Å². The number of esters is 1. The number of hydrogen-bond donors (Lipinski definition) is 2. The van der Waals surface area contributed by atoms with E-state index in [9.17, 15) is 28.4 Å². The van der Waals surface area contributed by atoms with Crippen molar-refractivity contribution in [1.29, 1.82) is 5.26 Å². The second-order valence-electron chi connectivity index (χ2n) is 11.4. The summed E-state index contributed by atoms with van der Waals surface area (Å²) in [5, 5.41) is 14.8. The monoisotopic (exact) mass is 622 g/mol. The predicted octanol–water partition coefficient (Wildman–Crippen LogP) is 3.68. The van der Waals surface area contributed by atoms with Crippen LogP contribution in [0.15, 0.2) is 53.7 Å². The molecule has 3 aliphatic rings. The van der Waals surface area contributed by atoms with Gasteiger partial charge in [0, 0.05) is 39.3 Å². The van der Waals surface area contributed by atoms with Gasteiger partial charge in [-0.3, -0.25) is 4.90 Å². The third-order valence-corrected chi connectivity index (χ3v) is 8.71. The zero-order valence-corrected chi connectivity index (χ0v) is 25.2. The molecule has 0 aliphatic carbocycles. The number of halogens is 2. The zero-order valence-electron chi connectivity index (χ0n) is 25.2. The number of imide groups is 1. The van der Waals surface area contributed by atoms with Gasteiger partial charge in [-0.2, -0.15) is 5.26 Å². The van der Waals surface area contributed by atoms with Crippen LogP contribution in [-0.2, 0) is 14.3 Å². The van der Waals surface area contributed by atoms with Crippen molar-refractivity contribution in [2.24, 2.45) is 5.92 Å². The lowest BCUT2D eigenvalue weighted by Crippen LogP contribution is -2.55. The molecule has 2 aromatic rings. The van der Waals surface area contributed by atoms with Crippen LogP contribution in [0.25, 0.3) is 0 Å². The summed E-state index contributed by atoms with van der Waals surface area (Å²) in [4.78, 5) is 45.2. The molecule has 2 atom stereocenters. The molecule has 4 amide bonds. The molecular weight excluding hydrogens is 586 g/mol. The fraction of sp³-hybridized carbons (Fsp3) is 0.438. The lowest BCUT2D eigenvalue weighted by molar-refractivity contribution is -0.137. The van der Waals surface area contributed by atoms with Crippen LogP contribution in [0.1, 0.15) is 36.4 Å². The van der Waals surface area contributed by atoms with Crippen molar-refractivity contribution in [3.8, 4) is 6.07 Å². The van der Waals surface area contributed by atoms with Crippen LogP contribution in [0.4, 0.5) is 24.1 Å². The van der Waals surface area contributed by atoms with Crippen LogP contribution in [-0.4, -0.2) is 87.4 Å². The smallest absolute Gasteiger partial charge is 0.338 e. The van der Waals surface area contributed by atoms with Gasteiger partial charge in [0.2, 0.25) is 0 Å². The van der Waals surface area contributed by atoms with E-state index in [0.29, 0.717) is 11.6 Å². The summed E-state index contributed by atoms with van der Waals surface area (Å²) in [6.07, 6.45) is 2.76. The number of hydrogen-bond acceptors (Lipinski definition) is 8. The van der Waals surface area contributed by atoms with E-state index in [2.05, 4.69) is 26.5 Å². The highest BCUT2D eigenvalue weighted by atomic mass is 19.2. The molecule has 2 N–H and O–H groups in total. The first-order chi connectivity index (χ1) is 21.7. The first-order valence-electron chi connectivity index (χ1n) is 14.9. The Labute approximate surface area is 260 Å². The predicted molar refractivity (Wildman–Crippen MR) is 160 cm³/mol.